The molecule has 76 valence electrons. The second kappa shape index (κ2) is 3.79. The minimum atomic E-state index is 0.0636. The van der Waals surface area contributed by atoms with E-state index in [9.17, 15) is 4.79 Å². The summed E-state index contributed by atoms with van der Waals surface area (Å²) >= 11 is 0. The van der Waals surface area contributed by atoms with Crippen LogP contribution in [0.3, 0.4) is 0 Å². The molecule has 0 aliphatic carbocycles. The zero-order valence-corrected chi connectivity index (χ0v) is 8.16. The molecule has 0 aromatic carbocycles. The third-order valence-electron chi connectivity index (χ3n) is 2.40. The zero-order valence-electron chi connectivity index (χ0n) is 8.16. The van der Waals surface area contributed by atoms with Gasteiger partial charge in [-0.2, -0.15) is 5.10 Å². The monoisotopic (exact) mass is 194 g/mol. The van der Waals surface area contributed by atoms with Gasteiger partial charge in [0.25, 0.3) is 0 Å². The van der Waals surface area contributed by atoms with Crippen LogP contribution in [0.25, 0.3) is 0 Å². The summed E-state index contributed by atoms with van der Waals surface area (Å²) in [6.45, 7) is 1.71. The highest BCUT2D eigenvalue weighted by atomic mass is 16.2. The van der Waals surface area contributed by atoms with Crippen LogP contribution in [0.2, 0.25) is 0 Å². The molecule has 1 atom stereocenters. The van der Waals surface area contributed by atoms with E-state index in [0.29, 0.717) is 5.82 Å². The van der Waals surface area contributed by atoms with Crippen molar-refractivity contribution in [2.24, 2.45) is 13.0 Å². The molecule has 0 radical (unpaired) electrons. The maximum absolute atomic E-state index is 11.6. The number of nitrogens with zero attached hydrogens (tertiary/aromatic N) is 2. The van der Waals surface area contributed by atoms with Gasteiger partial charge in [-0.15, -0.1) is 0 Å². The van der Waals surface area contributed by atoms with Crippen molar-refractivity contribution in [1.82, 2.24) is 15.1 Å². The molecule has 5 heteroatoms. The van der Waals surface area contributed by atoms with Crippen LogP contribution < -0.4 is 10.6 Å². The standard InChI is InChI=1S/C9H14N4O/c1-13-5-3-8(12-13)11-9(14)7-2-4-10-6-7/h3,5,7,10H,2,4,6H2,1H3,(H,11,12,14). The first-order valence-corrected chi connectivity index (χ1v) is 4.77. The second-order valence-electron chi connectivity index (χ2n) is 3.55. The van der Waals surface area contributed by atoms with E-state index < -0.39 is 0 Å². The van der Waals surface area contributed by atoms with Crippen molar-refractivity contribution in [2.45, 2.75) is 6.42 Å². The van der Waals surface area contributed by atoms with Gasteiger partial charge in [0.05, 0.1) is 5.92 Å². The van der Waals surface area contributed by atoms with E-state index in [1.165, 1.54) is 0 Å². The highest BCUT2D eigenvalue weighted by molar-refractivity contribution is 5.91. The summed E-state index contributed by atoms with van der Waals surface area (Å²) < 4.78 is 1.67. The number of nitrogens with one attached hydrogen (secondary N) is 2. The van der Waals surface area contributed by atoms with E-state index >= 15 is 0 Å². The second-order valence-corrected chi connectivity index (χ2v) is 3.55. The first-order chi connectivity index (χ1) is 6.75. The van der Waals surface area contributed by atoms with Gasteiger partial charge < -0.3 is 10.6 Å². The molecule has 2 heterocycles. The molecule has 0 saturated carbocycles. The van der Waals surface area contributed by atoms with E-state index in [1.807, 2.05) is 13.2 Å². The van der Waals surface area contributed by atoms with Crippen LogP contribution in [0.4, 0.5) is 5.82 Å². The van der Waals surface area contributed by atoms with Crippen LogP contribution in [-0.4, -0.2) is 28.8 Å². The van der Waals surface area contributed by atoms with Crippen molar-refractivity contribution in [1.29, 1.82) is 0 Å². The smallest absolute Gasteiger partial charge is 0.230 e. The number of aryl methyl sites for hydroxylation is 1. The first-order valence-electron chi connectivity index (χ1n) is 4.77. The topological polar surface area (TPSA) is 59.0 Å². The van der Waals surface area contributed by atoms with Crippen LogP contribution in [0, 0.1) is 5.92 Å². The van der Waals surface area contributed by atoms with Crippen molar-refractivity contribution in [3.63, 3.8) is 0 Å². The molecule has 1 fully saturated rings. The van der Waals surface area contributed by atoms with Crippen molar-refractivity contribution in [3.05, 3.63) is 12.3 Å². The Labute approximate surface area is 82.5 Å². The molecule has 14 heavy (non-hydrogen) atoms. The molecule has 1 aliphatic rings. The normalized spacial score (nSPS) is 21.1. The zero-order chi connectivity index (χ0) is 9.97. The van der Waals surface area contributed by atoms with Gasteiger partial charge in [-0.25, -0.2) is 0 Å². The van der Waals surface area contributed by atoms with Crippen LogP contribution in [0.1, 0.15) is 6.42 Å². The molecule has 1 unspecified atom stereocenters. The lowest BCUT2D eigenvalue weighted by Gasteiger charge is -2.06. The van der Waals surface area contributed by atoms with Gasteiger partial charge in [0.1, 0.15) is 0 Å². The molecule has 5 nitrogen and oxygen atoms in total. The Morgan fingerprint density at radius 3 is 3.21 bits per heavy atom. The summed E-state index contributed by atoms with van der Waals surface area (Å²) in [5.41, 5.74) is 0. The molecule has 1 aromatic heterocycles. The number of hydrogen-bond acceptors (Lipinski definition) is 3. The van der Waals surface area contributed by atoms with E-state index in [-0.39, 0.29) is 11.8 Å². The van der Waals surface area contributed by atoms with Crippen LogP contribution >= 0.6 is 0 Å². The van der Waals surface area contributed by atoms with Gasteiger partial charge in [0.15, 0.2) is 5.82 Å². The predicted octanol–water partition coefficient (Wildman–Crippen LogP) is -0.0319. The third kappa shape index (κ3) is 1.93. The summed E-state index contributed by atoms with van der Waals surface area (Å²) in [6, 6.07) is 1.79. The van der Waals surface area contributed by atoms with Gasteiger partial charge in [-0.05, 0) is 13.0 Å². The highest BCUT2D eigenvalue weighted by Crippen LogP contribution is 2.10. The fraction of sp³-hybridized carbons (Fsp3) is 0.556. The molecule has 1 aliphatic heterocycles. The van der Waals surface area contributed by atoms with E-state index in [1.54, 1.807) is 10.7 Å². The Morgan fingerprint density at radius 2 is 2.64 bits per heavy atom. The fourth-order valence-electron chi connectivity index (χ4n) is 1.59. The summed E-state index contributed by atoms with van der Waals surface area (Å²) in [4.78, 5) is 11.6. The highest BCUT2D eigenvalue weighted by Gasteiger charge is 2.22. The Hall–Kier alpha value is -1.36. The van der Waals surface area contributed by atoms with Crippen molar-refractivity contribution >= 4 is 11.7 Å². The summed E-state index contributed by atoms with van der Waals surface area (Å²) in [5, 5.41) is 10.0. The Morgan fingerprint density at radius 1 is 1.79 bits per heavy atom. The molecule has 0 spiro atoms. The number of amides is 1. The Kier molecular flexibility index (Phi) is 2.49. The van der Waals surface area contributed by atoms with Crippen LogP contribution in [0.15, 0.2) is 12.3 Å². The number of hydrogen-bond donors (Lipinski definition) is 2. The number of aromatic nitrogens is 2. The quantitative estimate of drug-likeness (QED) is 0.695. The molecule has 2 rings (SSSR count). The lowest BCUT2D eigenvalue weighted by molar-refractivity contribution is -0.119. The molecule has 1 saturated heterocycles. The van der Waals surface area contributed by atoms with Gasteiger partial charge in [0, 0.05) is 25.9 Å². The van der Waals surface area contributed by atoms with Crippen molar-refractivity contribution < 1.29 is 4.79 Å². The molecule has 2 N–H and O–H groups in total. The van der Waals surface area contributed by atoms with E-state index in [0.717, 1.165) is 19.5 Å². The number of rotatable bonds is 2. The number of anilines is 1. The molecule has 1 aromatic rings. The molecule has 1 amide bonds. The van der Waals surface area contributed by atoms with Crippen LogP contribution in [-0.2, 0) is 11.8 Å². The Bertz CT molecular complexity index is 327. The Balaban J connectivity index is 1.93. The summed E-state index contributed by atoms with van der Waals surface area (Å²) in [6.07, 6.45) is 2.72. The van der Waals surface area contributed by atoms with Crippen molar-refractivity contribution in [2.75, 3.05) is 18.4 Å². The summed E-state index contributed by atoms with van der Waals surface area (Å²) in [5.74, 6) is 0.787. The predicted molar refractivity (Wildman–Crippen MR) is 52.8 cm³/mol. The van der Waals surface area contributed by atoms with Gasteiger partial charge >= 0.3 is 0 Å². The van der Waals surface area contributed by atoms with E-state index in [2.05, 4.69) is 15.7 Å². The van der Waals surface area contributed by atoms with Crippen molar-refractivity contribution in [3.8, 4) is 0 Å². The number of carbonyl (C=O) groups excluding carboxylic acids is 1. The van der Waals surface area contributed by atoms with Crippen LogP contribution in [0.5, 0.6) is 0 Å². The van der Waals surface area contributed by atoms with E-state index in [4.69, 9.17) is 0 Å². The largest absolute Gasteiger partial charge is 0.316 e. The van der Waals surface area contributed by atoms with Gasteiger partial charge in [-0.3, -0.25) is 9.48 Å². The van der Waals surface area contributed by atoms with Gasteiger partial charge in [-0.1, -0.05) is 0 Å². The minimum absolute atomic E-state index is 0.0636. The lowest BCUT2D eigenvalue weighted by atomic mass is 10.1. The fourth-order valence-corrected chi connectivity index (χ4v) is 1.59. The maximum Gasteiger partial charge on any atom is 0.230 e. The third-order valence-corrected chi connectivity index (χ3v) is 2.40. The minimum Gasteiger partial charge on any atom is -0.316 e. The average Bonchev–Trinajstić information content (AvgIpc) is 2.75. The summed E-state index contributed by atoms with van der Waals surface area (Å²) in [7, 11) is 1.83. The SMILES string of the molecule is Cn1ccc(NC(=O)C2CCNC2)n1. The first kappa shape index (κ1) is 9.21. The molecular formula is C9H14N4O. The lowest BCUT2D eigenvalue weighted by Crippen LogP contribution is -2.24. The number of carbonyl (C=O) groups is 1. The molecular weight excluding hydrogens is 180 g/mol. The van der Waals surface area contributed by atoms with Gasteiger partial charge in [0.2, 0.25) is 5.91 Å². The molecule has 0 bridgehead atoms. The average molecular weight is 194 g/mol. The maximum atomic E-state index is 11.6.